The number of amides is 3. The van der Waals surface area contributed by atoms with Crippen molar-refractivity contribution in [3.63, 3.8) is 0 Å². The third kappa shape index (κ3) is 4.63. The van der Waals surface area contributed by atoms with E-state index in [2.05, 4.69) is 10.6 Å². The molecule has 22 heavy (non-hydrogen) atoms. The summed E-state index contributed by atoms with van der Waals surface area (Å²) in [7, 11) is 6.54. The van der Waals surface area contributed by atoms with Crippen molar-refractivity contribution < 1.29 is 24.0 Å². The van der Waals surface area contributed by atoms with Gasteiger partial charge in [-0.25, -0.2) is 4.79 Å². The minimum atomic E-state index is -0.508. The molecule has 0 saturated carbocycles. The summed E-state index contributed by atoms with van der Waals surface area (Å²) >= 11 is 0. The number of urea groups is 1. The van der Waals surface area contributed by atoms with Gasteiger partial charge in [-0.05, 0) is 19.1 Å². The number of hydrogen-bond donors (Lipinski definition) is 3. The molecule has 0 aliphatic rings. The molecule has 0 radical (unpaired) electrons. The molecule has 7 heteroatoms. The van der Waals surface area contributed by atoms with Gasteiger partial charge in [0, 0.05) is 18.7 Å². The van der Waals surface area contributed by atoms with Crippen LogP contribution in [0.1, 0.15) is 12.5 Å². The summed E-state index contributed by atoms with van der Waals surface area (Å²) in [4.78, 5) is 24.1. The fourth-order valence-electron chi connectivity index (χ4n) is 1.96. The van der Waals surface area contributed by atoms with E-state index >= 15 is 0 Å². The highest BCUT2D eigenvalue weighted by atomic mass is 16.5. The number of ether oxygens (including phenoxy) is 2. The van der Waals surface area contributed by atoms with Crippen molar-refractivity contribution in [2.75, 3.05) is 28.3 Å². The smallest absolute Gasteiger partial charge is 0.321 e. The number of carbonyl (C=O) groups excluding carboxylic acids is 2. The molecular formula is C15H24N3O4+. The highest BCUT2D eigenvalue weighted by molar-refractivity contribution is 5.96. The average molecular weight is 310 g/mol. The van der Waals surface area contributed by atoms with E-state index in [-0.39, 0.29) is 11.9 Å². The Balaban J connectivity index is 2.77. The summed E-state index contributed by atoms with van der Waals surface area (Å²) in [6.45, 7) is 2.35. The normalized spacial score (nSPS) is 13.0. The summed E-state index contributed by atoms with van der Waals surface area (Å²) in [5.74, 6) is 1.09. The number of rotatable bonds is 6. The first kappa shape index (κ1) is 17.8. The lowest BCUT2D eigenvalue weighted by molar-refractivity contribution is -0.908. The number of imide groups is 1. The Bertz CT molecular complexity index is 534. The van der Waals surface area contributed by atoms with Crippen LogP contribution in [-0.2, 0) is 11.3 Å². The van der Waals surface area contributed by atoms with Gasteiger partial charge >= 0.3 is 6.03 Å². The predicted octanol–water partition coefficient (Wildman–Crippen LogP) is -0.437. The standard InChI is InChI=1S/C15H23N3O4/c1-10(14(19)17-15(20)16-2)18(3)9-11-6-7-12(21-4)8-13(11)22-5/h6-8,10H,9H2,1-5H3,(H2,16,17,19,20)/p+1/t10-/m0/s1. The lowest BCUT2D eigenvalue weighted by Gasteiger charge is -2.21. The Morgan fingerprint density at radius 2 is 1.95 bits per heavy atom. The Kier molecular flexibility index (Phi) is 6.65. The van der Waals surface area contributed by atoms with Crippen LogP contribution in [0.2, 0.25) is 0 Å². The van der Waals surface area contributed by atoms with Gasteiger partial charge in [-0.1, -0.05) is 0 Å². The number of nitrogens with one attached hydrogen (secondary N) is 3. The van der Waals surface area contributed by atoms with E-state index < -0.39 is 6.03 Å². The maximum Gasteiger partial charge on any atom is 0.321 e. The van der Waals surface area contributed by atoms with Crippen LogP contribution in [0, 0.1) is 0 Å². The molecule has 0 saturated heterocycles. The zero-order valence-corrected chi connectivity index (χ0v) is 13.6. The van der Waals surface area contributed by atoms with Crippen molar-refractivity contribution in [2.45, 2.75) is 19.5 Å². The minimum Gasteiger partial charge on any atom is -0.497 e. The Labute approximate surface area is 130 Å². The van der Waals surface area contributed by atoms with Crippen molar-refractivity contribution in [1.29, 1.82) is 0 Å². The van der Waals surface area contributed by atoms with Gasteiger partial charge in [0.2, 0.25) is 0 Å². The van der Waals surface area contributed by atoms with Crippen LogP contribution < -0.4 is 25.0 Å². The number of hydrogen-bond acceptors (Lipinski definition) is 4. The lowest BCUT2D eigenvalue weighted by Crippen LogP contribution is -3.12. The van der Waals surface area contributed by atoms with Crippen LogP contribution in [0.25, 0.3) is 0 Å². The summed E-state index contributed by atoms with van der Waals surface area (Å²) in [5, 5.41) is 4.64. The van der Waals surface area contributed by atoms with Gasteiger partial charge in [0.25, 0.3) is 5.91 Å². The molecule has 0 aliphatic heterocycles. The van der Waals surface area contributed by atoms with Crippen LogP contribution in [0.3, 0.4) is 0 Å². The molecule has 1 unspecified atom stereocenters. The van der Waals surface area contributed by atoms with Gasteiger partial charge < -0.3 is 19.7 Å². The first-order valence-corrected chi connectivity index (χ1v) is 6.98. The first-order valence-electron chi connectivity index (χ1n) is 6.98. The molecule has 0 bridgehead atoms. The summed E-state index contributed by atoms with van der Waals surface area (Å²) in [6.07, 6.45) is 0. The maximum atomic E-state index is 12.0. The fourth-order valence-corrected chi connectivity index (χ4v) is 1.96. The first-order chi connectivity index (χ1) is 10.4. The molecule has 1 aromatic carbocycles. The minimum absolute atomic E-state index is 0.329. The number of methoxy groups -OCH3 is 2. The molecule has 3 amide bonds. The van der Waals surface area contributed by atoms with E-state index in [0.717, 1.165) is 10.5 Å². The van der Waals surface area contributed by atoms with E-state index in [1.807, 2.05) is 19.2 Å². The highest BCUT2D eigenvalue weighted by Gasteiger charge is 2.24. The lowest BCUT2D eigenvalue weighted by atomic mass is 10.1. The van der Waals surface area contributed by atoms with Gasteiger partial charge in [-0.2, -0.15) is 0 Å². The van der Waals surface area contributed by atoms with Crippen molar-refractivity contribution in [1.82, 2.24) is 10.6 Å². The average Bonchev–Trinajstić information content (AvgIpc) is 2.53. The Hall–Kier alpha value is -2.28. The zero-order chi connectivity index (χ0) is 16.7. The molecule has 0 heterocycles. The van der Waals surface area contributed by atoms with Gasteiger partial charge in [-0.3, -0.25) is 10.1 Å². The highest BCUT2D eigenvalue weighted by Crippen LogP contribution is 2.23. The van der Waals surface area contributed by atoms with Crippen molar-refractivity contribution in [2.24, 2.45) is 0 Å². The summed E-state index contributed by atoms with van der Waals surface area (Å²) < 4.78 is 10.5. The predicted molar refractivity (Wildman–Crippen MR) is 82.2 cm³/mol. The van der Waals surface area contributed by atoms with Gasteiger partial charge in [0.15, 0.2) is 6.04 Å². The molecule has 1 rings (SSSR count). The van der Waals surface area contributed by atoms with E-state index in [4.69, 9.17) is 9.47 Å². The van der Waals surface area contributed by atoms with Crippen molar-refractivity contribution >= 4 is 11.9 Å². The monoisotopic (exact) mass is 310 g/mol. The largest absolute Gasteiger partial charge is 0.497 e. The molecule has 0 fully saturated rings. The second kappa shape index (κ2) is 8.23. The Morgan fingerprint density at radius 3 is 2.50 bits per heavy atom. The number of likely N-dealkylation sites (N-methyl/N-ethyl adjacent to an activating group) is 1. The SMILES string of the molecule is CNC(=O)NC(=O)[C@H](C)[NH+](C)Cc1ccc(OC)cc1OC. The molecule has 0 aliphatic carbocycles. The van der Waals surface area contributed by atoms with E-state index in [1.54, 1.807) is 27.2 Å². The molecule has 0 aromatic heterocycles. The molecular weight excluding hydrogens is 286 g/mol. The Morgan fingerprint density at radius 1 is 1.27 bits per heavy atom. The van der Waals surface area contributed by atoms with Crippen molar-refractivity contribution in [3.05, 3.63) is 23.8 Å². The quantitative estimate of drug-likeness (QED) is 0.665. The zero-order valence-electron chi connectivity index (χ0n) is 13.6. The van der Waals surface area contributed by atoms with Gasteiger partial charge in [0.05, 0.1) is 21.3 Å². The van der Waals surface area contributed by atoms with Crippen LogP contribution >= 0.6 is 0 Å². The topological polar surface area (TPSA) is 81.1 Å². The van der Waals surface area contributed by atoms with E-state index in [0.29, 0.717) is 18.0 Å². The maximum absolute atomic E-state index is 12.0. The summed E-state index contributed by atoms with van der Waals surface area (Å²) in [6, 6.07) is 4.67. The fraction of sp³-hybridized carbons (Fsp3) is 0.467. The second-order valence-corrected chi connectivity index (χ2v) is 4.99. The van der Waals surface area contributed by atoms with E-state index in [1.165, 1.54) is 7.05 Å². The van der Waals surface area contributed by atoms with Gasteiger partial charge in [0.1, 0.15) is 18.0 Å². The molecule has 122 valence electrons. The van der Waals surface area contributed by atoms with Crippen LogP contribution in [0.4, 0.5) is 4.79 Å². The third-order valence-electron chi connectivity index (χ3n) is 3.56. The molecule has 2 atom stereocenters. The molecule has 7 nitrogen and oxygen atoms in total. The van der Waals surface area contributed by atoms with Crippen LogP contribution in [-0.4, -0.2) is 46.3 Å². The third-order valence-corrected chi connectivity index (χ3v) is 3.56. The number of carbonyl (C=O) groups is 2. The summed E-state index contributed by atoms with van der Waals surface area (Å²) in [5.41, 5.74) is 0.959. The molecule has 3 N–H and O–H groups in total. The van der Waals surface area contributed by atoms with E-state index in [9.17, 15) is 9.59 Å². The number of quaternary nitrogens is 1. The number of benzene rings is 1. The van der Waals surface area contributed by atoms with Crippen LogP contribution in [0.5, 0.6) is 11.5 Å². The molecule has 0 spiro atoms. The molecule has 1 aromatic rings. The van der Waals surface area contributed by atoms with Crippen LogP contribution in [0.15, 0.2) is 18.2 Å². The van der Waals surface area contributed by atoms with Crippen molar-refractivity contribution in [3.8, 4) is 11.5 Å². The van der Waals surface area contributed by atoms with Gasteiger partial charge in [-0.15, -0.1) is 0 Å². The second-order valence-electron chi connectivity index (χ2n) is 4.99.